The Morgan fingerprint density at radius 3 is 2.88 bits per heavy atom. The number of aromatic nitrogens is 2. The summed E-state index contributed by atoms with van der Waals surface area (Å²) in [5.74, 6) is 1.01. The summed E-state index contributed by atoms with van der Waals surface area (Å²) in [6.07, 6.45) is 2.72. The van der Waals surface area contributed by atoms with Crippen molar-refractivity contribution < 1.29 is 9.26 Å². The molecule has 2 aromatic rings. The fraction of sp³-hybridized carbons (Fsp3) is 0.556. The lowest BCUT2D eigenvalue weighted by Crippen LogP contribution is -2.46. The number of hydrogen-bond donors (Lipinski definition) is 0. The van der Waals surface area contributed by atoms with Crippen LogP contribution < -0.4 is 0 Å². The summed E-state index contributed by atoms with van der Waals surface area (Å²) in [5.41, 5.74) is 3.37. The Hall–Kier alpha value is -1.76. The summed E-state index contributed by atoms with van der Waals surface area (Å²) in [7, 11) is 0. The van der Waals surface area contributed by atoms with Crippen LogP contribution in [0.5, 0.6) is 0 Å². The van der Waals surface area contributed by atoms with Crippen LogP contribution in [-0.2, 0) is 24.3 Å². The maximum atomic E-state index is 5.55. The SMILES string of the molecule is CC(c1ccccn1)N1CCN(Cc2noc3c2COCC3)CC1. The zero-order chi connectivity index (χ0) is 16.4. The normalized spacial score (nSPS) is 20.7. The van der Waals surface area contributed by atoms with Gasteiger partial charge in [0.2, 0.25) is 0 Å². The van der Waals surface area contributed by atoms with Crippen LogP contribution in [0.1, 0.15) is 35.7 Å². The summed E-state index contributed by atoms with van der Waals surface area (Å²) in [4.78, 5) is 9.44. The van der Waals surface area contributed by atoms with Crippen LogP contribution in [0.3, 0.4) is 0 Å². The molecule has 1 saturated heterocycles. The summed E-state index contributed by atoms with van der Waals surface area (Å²) in [6.45, 7) is 8.66. The van der Waals surface area contributed by atoms with Gasteiger partial charge in [-0.25, -0.2) is 0 Å². The molecule has 2 aromatic heterocycles. The summed E-state index contributed by atoms with van der Waals surface area (Å²) >= 11 is 0. The molecule has 6 heteroatoms. The maximum absolute atomic E-state index is 5.55. The lowest BCUT2D eigenvalue weighted by molar-refractivity contribution is 0.0919. The van der Waals surface area contributed by atoms with Gasteiger partial charge in [0.1, 0.15) is 11.5 Å². The molecule has 2 aliphatic rings. The van der Waals surface area contributed by atoms with Gasteiger partial charge in [-0.15, -0.1) is 0 Å². The van der Waals surface area contributed by atoms with Gasteiger partial charge in [-0.3, -0.25) is 14.8 Å². The second kappa shape index (κ2) is 7.01. The van der Waals surface area contributed by atoms with Gasteiger partial charge < -0.3 is 9.26 Å². The van der Waals surface area contributed by atoms with Crippen molar-refractivity contribution in [3.63, 3.8) is 0 Å². The number of pyridine rings is 1. The highest BCUT2D eigenvalue weighted by Gasteiger charge is 2.25. The summed E-state index contributed by atoms with van der Waals surface area (Å²) in [5, 5.41) is 4.27. The molecular weight excluding hydrogens is 304 g/mol. The van der Waals surface area contributed by atoms with Gasteiger partial charge in [0.05, 0.1) is 18.9 Å². The molecule has 4 heterocycles. The molecule has 2 aliphatic heterocycles. The Kier molecular flexibility index (Phi) is 4.60. The molecule has 0 radical (unpaired) electrons. The van der Waals surface area contributed by atoms with Gasteiger partial charge in [0, 0.05) is 56.9 Å². The fourth-order valence-corrected chi connectivity index (χ4v) is 3.54. The molecule has 0 bridgehead atoms. The van der Waals surface area contributed by atoms with Crippen molar-refractivity contribution in [2.24, 2.45) is 0 Å². The second-order valence-corrected chi connectivity index (χ2v) is 6.58. The maximum Gasteiger partial charge on any atom is 0.144 e. The number of rotatable bonds is 4. The molecule has 1 unspecified atom stereocenters. The van der Waals surface area contributed by atoms with Crippen LogP contribution in [0.15, 0.2) is 28.9 Å². The minimum atomic E-state index is 0.363. The van der Waals surface area contributed by atoms with E-state index in [2.05, 4.69) is 39.0 Å². The Morgan fingerprint density at radius 1 is 1.21 bits per heavy atom. The zero-order valence-electron chi connectivity index (χ0n) is 14.1. The molecule has 1 fully saturated rings. The second-order valence-electron chi connectivity index (χ2n) is 6.58. The van der Waals surface area contributed by atoms with Crippen molar-refractivity contribution in [1.29, 1.82) is 0 Å². The monoisotopic (exact) mass is 328 g/mol. The molecule has 1 atom stereocenters. The van der Waals surface area contributed by atoms with Gasteiger partial charge in [0.15, 0.2) is 0 Å². The van der Waals surface area contributed by atoms with Gasteiger partial charge in [-0.1, -0.05) is 11.2 Å². The first-order valence-electron chi connectivity index (χ1n) is 8.72. The minimum Gasteiger partial charge on any atom is -0.376 e. The van der Waals surface area contributed by atoms with Gasteiger partial charge in [-0.2, -0.15) is 0 Å². The molecule has 24 heavy (non-hydrogen) atoms. The van der Waals surface area contributed by atoms with Gasteiger partial charge >= 0.3 is 0 Å². The molecule has 0 aromatic carbocycles. The third-order valence-corrected chi connectivity index (χ3v) is 5.11. The van der Waals surface area contributed by atoms with E-state index in [1.165, 1.54) is 5.56 Å². The standard InChI is InChI=1S/C18H24N4O2/c1-14(16-4-2-3-6-19-16)22-9-7-21(8-10-22)12-17-15-13-23-11-5-18(15)24-20-17/h2-4,6,14H,5,7-13H2,1H3. The van der Waals surface area contributed by atoms with E-state index in [0.29, 0.717) is 12.6 Å². The van der Waals surface area contributed by atoms with E-state index in [0.717, 1.165) is 62.9 Å². The molecule has 128 valence electrons. The predicted octanol–water partition coefficient (Wildman–Crippen LogP) is 2.02. The van der Waals surface area contributed by atoms with Crippen molar-refractivity contribution in [1.82, 2.24) is 19.9 Å². The Labute approximate surface area is 142 Å². The minimum absolute atomic E-state index is 0.363. The van der Waals surface area contributed by atoms with Crippen LogP contribution in [0.25, 0.3) is 0 Å². The van der Waals surface area contributed by atoms with E-state index in [1.807, 2.05) is 12.3 Å². The molecule has 6 nitrogen and oxygen atoms in total. The topological polar surface area (TPSA) is 54.6 Å². The van der Waals surface area contributed by atoms with E-state index in [9.17, 15) is 0 Å². The lowest BCUT2D eigenvalue weighted by atomic mass is 10.1. The zero-order valence-corrected chi connectivity index (χ0v) is 14.1. The van der Waals surface area contributed by atoms with E-state index >= 15 is 0 Å². The predicted molar refractivity (Wildman–Crippen MR) is 89.4 cm³/mol. The Morgan fingerprint density at radius 2 is 2.08 bits per heavy atom. The van der Waals surface area contributed by atoms with Crippen molar-refractivity contribution in [3.05, 3.63) is 47.1 Å². The average Bonchev–Trinajstić information content (AvgIpc) is 3.06. The number of hydrogen-bond acceptors (Lipinski definition) is 6. The summed E-state index contributed by atoms with van der Waals surface area (Å²) in [6, 6.07) is 6.50. The van der Waals surface area contributed by atoms with Crippen molar-refractivity contribution in [2.45, 2.75) is 32.5 Å². The third-order valence-electron chi connectivity index (χ3n) is 5.11. The highest BCUT2D eigenvalue weighted by atomic mass is 16.5. The molecule has 0 saturated carbocycles. The fourth-order valence-electron chi connectivity index (χ4n) is 3.54. The van der Waals surface area contributed by atoms with Crippen molar-refractivity contribution in [3.8, 4) is 0 Å². The molecule has 0 amide bonds. The van der Waals surface area contributed by atoms with E-state index in [4.69, 9.17) is 9.26 Å². The van der Waals surface area contributed by atoms with Crippen LogP contribution in [0.2, 0.25) is 0 Å². The average molecular weight is 328 g/mol. The molecule has 0 spiro atoms. The van der Waals surface area contributed by atoms with Crippen LogP contribution >= 0.6 is 0 Å². The molecule has 4 rings (SSSR count). The summed E-state index contributed by atoms with van der Waals surface area (Å²) < 4.78 is 11.0. The quantitative estimate of drug-likeness (QED) is 0.856. The number of ether oxygens (including phenoxy) is 1. The van der Waals surface area contributed by atoms with Crippen LogP contribution in [0.4, 0.5) is 0 Å². The first-order chi connectivity index (χ1) is 11.8. The largest absolute Gasteiger partial charge is 0.376 e. The third kappa shape index (κ3) is 3.22. The van der Waals surface area contributed by atoms with E-state index in [1.54, 1.807) is 0 Å². The Balaban J connectivity index is 1.34. The first kappa shape index (κ1) is 15.7. The molecule has 0 N–H and O–H groups in total. The lowest BCUT2D eigenvalue weighted by Gasteiger charge is -2.37. The molecular formula is C18H24N4O2. The highest BCUT2D eigenvalue weighted by Crippen LogP contribution is 2.23. The van der Waals surface area contributed by atoms with Crippen LogP contribution in [-0.4, -0.2) is 52.7 Å². The highest BCUT2D eigenvalue weighted by molar-refractivity contribution is 5.24. The number of piperazine rings is 1. The van der Waals surface area contributed by atoms with Crippen LogP contribution in [0, 0.1) is 0 Å². The van der Waals surface area contributed by atoms with Crippen molar-refractivity contribution in [2.75, 3.05) is 32.8 Å². The Bertz CT molecular complexity index is 665. The number of fused-ring (bicyclic) bond motifs is 1. The first-order valence-corrected chi connectivity index (χ1v) is 8.72. The number of nitrogens with zero attached hydrogens (tertiary/aromatic N) is 4. The van der Waals surface area contributed by atoms with Crippen molar-refractivity contribution >= 4 is 0 Å². The van der Waals surface area contributed by atoms with Gasteiger partial charge in [-0.05, 0) is 19.1 Å². The molecule has 0 aliphatic carbocycles. The van der Waals surface area contributed by atoms with Gasteiger partial charge in [0.25, 0.3) is 0 Å². The van der Waals surface area contributed by atoms with E-state index in [-0.39, 0.29) is 0 Å². The van der Waals surface area contributed by atoms with E-state index < -0.39 is 0 Å². The smallest absolute Gasteiger partial charge is 0.144 e.